The minimum absolute atomic E-state index is 0.0353. The van der Waals surface area contributed by atoms with Crippen molar-refractivity contribution in [3.63, 3.8) is 0 Å². The third-order valence-electron chi connectivity index (χ3n) is 3.56. The maximum atomic E-state index is 12.7. The van der Waals surface area contributed by atoms with Gasteiger partial charge in [0.2, 0.25) is 5.95 Å². The van der Waals surface area contributed by atoms with Gasteiger partial charge in [-0.05, 0) is 38.7 Å². The van der Waals surface area contributed by atoms with Crippen molar-refractivity contribution in [3.05, 3.63) is 18.0 Å². The Kier molecular flexibility index (Phi) is 5.43. The maximum absolute atomic E-state index is 12.7. The number of aromatic nitrogens is 2. The third kappa shape index (κ3) is 5.07. The molecule has 23 heavy (non-hydrogen) atoms. The van der Waals surface area contributed by atoms with Gasteiger partial charge in [-0.3, -0.25) is 4.79 Å². The molecule has 0 aromatic carbocycles. The zero-order valence-electron chi connectivity index (χ0n) is 13.1. The molecule has 0 aliphatic carbocycles. The fraction of sp³-hybridized carbons (Fsp3) is 0.667. The van der Waals surface area contributed by atoms with Crippen molar-refractivity contribution in [2.24, 2.45) is 5.92 Å². The molecule has 0 amide bonds. The Morgan fingerprint density at radius 2 is 2.22 bits per heavy atom. The Morgan fingerprint density at radius 3 is 2.87 bits per heavy atom. The van der Waals surface area contributed by atoms with Crippen LogP contribution in [0.4, 0.5) is 19.1 Å². The molecule has 0 saturated carbocycles. The van der Waals surface area contributed by atoms with Crippen LogP contribution in [-0.2, 0) is 15.7 Å². The summed E-state index contributed by atoms with van der Waals surface area (Å²) in [7, 11) is 0. The van der Waals surface area contributed by atoms with E-state index in [1.54, 1.807) is 18.7 Å². The maximum Gasteiger partial charge on any atom is 0.433 e. The van der Waals surface area contributed by atoms with E-state index in [1.165, 1.54) is 0 Å². The molecule has 128 valence electrons. The summed E-state index contributed by atoms with van der Waals surface area (Å²) in [5, 5.41) is 0. The highest BCUT2D eigenvalue weighted by Gasteiger charge is 2.34. The van der Waals surface area contributed by atoms with Crippen LogP contribution in [0.2, 0.25) is 0 Å². The molecule has 1 aromatic rings. The van der Waals surface area contributed by atoms with Crippen LogP contribution in [0, 0.1) is 5.92 Å². The SMILES string of the molecule is CC(C)OC(=O)C[C@H]1CCCN(c2nccc(C(F)(F)F)n2)C1. The number of carbonyl (C=O) groups is 1. The van der Waals surface area contributed by atoms with Crippen LogP contribution in [0.1, 0.15) is 38.8 Å². The monoisotopic (exact) mass is 331 g/mol. The standard InChI is InChI=1S/C15H20F3N3O2/c1-10(2)23-13(22)8-11-4-3-7-21(9-11)14-19-6-5-12(20-14)15(16,17)18/h5-6,10-11H,3-4,7-9H2,1-2H3/t11-/m1/s1. The van der Waals surface area contributed by atoms with Crippen LogP contribution in [0.25, 0.3) is 0 Å². The number of halogens is 3. The highest BCUT2D eigenvalue weighted by atomic mass is 19.4. The first-order valence-electron chi connectivity index (χ1n) is 7.60. The molecule has 2 heterocycles. The van der Waals surface area contributed by atoms with E-state index in [4.69, 9.17) is 4.74 Å². The van der Waals surface area contributed by atoms with Gasteiger partial charge in [-0.2, -0.15) is 13.2 Å². The van der Waals surface area contributed by atoms with Gasteiger partial charge in [-0.15, -0.1) is 0 Å². The number of rotatable bonds is 4. The average molecular weight is 331 g/mol. The second-order valence-corrected chi connectivity index (χ2v) is 5.94. The highest BCUT2D eigenvalue weighted by molar-refractivity contribution is 5.70. The number of hydrogen-bond donors (Lipinski definition) is 0. The van der Waals surface area contributed by atoms with Crippen LogP contribution in [0.15, 0.2) is 12.3 Å². The van der Waals surface area contributed by atoms with Gasteiger partial charge in [0, 0.05) is 19.3 Å². The topological polar surface area (TPSA) is 55.3 Å². The van der Waals surface area contributed by atoms with E-state index >= 15 is 0 Å². The molecule has 1 fully saturated rings. The van der Waals surface area contributed by atoms with Crippen molar-refractivity contribution in [3.8, 4) is 0 Å². The summed E-state index contributed by atoms with van der Waals surface area (Å²) in [4.78, 5) is 21.0. The van der Waals surface area contributed by atoms with Gasteiger partial charge in [0.25, 0.3) is 0 Å². The first kappa shape index (κ1) is 17.5. The first-order chi connectivity index (χ1) is 10.8. The van der Waals surface area contributed by atoms with Crippen molar-refractivity contribution >= 4 is 11.9 Å². The predicted octanol–water partition coefficient (Wildman–Crippen LogP) is 3.05. The average Bonchev–Trinajstić information content (AvgIpc) is 2.46. The Morgan fingerprint density at radius 1 is 1.48 bits per heavy atom. The number of hydrogen-bond acceptors (Lipinski definition) is 5. The Hall–Kier alpha value is -1.86. The van der Waals surface area contributed by atoms with E-state index in [-0.39, 0.29) is 30.4 Å². The van der Waals surface area contributed by atoms with E-state index in [9.17, 15) is 18.0 Å². The van der Waals surface area contributed by atoms with Crippen molar-refractivity contribution in [2.45, 2.75) is 45.4 Å². The van der Waals surface area contributed by atoms with E-state index in [0.717, 1.165) is 25.1 Å². The summed E-state index contributed by atoms with van der Waals surface area (Å²) in [6, 6.07) is 0.852. The zero-order valence-corrected chi connectivity index (χ0v) is 13.1. The van der Waals surface area contributed by atoms with Crippen LogP contribution in [-0.4, -0.2) is 35.1 Å². The predicted molar refractivity (Wildman–Crippen MR) is 77.8 cm³/mol. The van der Waals surface area contributed by atoms with Gasteiger partial charge >= 0.3 is 12.1 Å². The van der Waals surface area contributed by atoms with Crippen molar-refractivity contribution in [1.82, 2.24) is 9.97 Å². The highest BCUT2D eigenvalue weighted by Crippen LogP contribution is 2.29. The number of anilines is 1. The summed E-state index contributed by atoms with van der Waals surface area (Å²) >= 11 is 0. The lowest BCUT2D eigenvalue weighted by Gasteiger charge is -2.32. The summed E-state index contributed by atoms with van der Waals surface area (Å²) in [5.41, 5.74) is -0.955. The number of carbonyl (C=O) groups excluding carboxylic acids is 1. The van der Waals surface area contributed by atoms with Crippen molar-refractivity contribution in [1.29, 1.82) is 0 Å². The second kappa shape index (κ2) is 7.14. The largest absolute Gasteiger partial charge is 0.463 e. The van der Waals surface area contributed by atoms with E-state index in [1.807, 2.05) is 0 Å². The molecule has 0 spiro atoms. The third-order valence-corrected chi connectivity index (χ3v) is 3.56. The molecule has 0 unspecified atom stereocenters. The van der Waals surface area contributed by atoms with Gasteiger partial charge in [0.05, 0.1) is 12.5 Å². The van der Waals surface area contributed by atoms with Gasteiger partial charge in [-0.25, -0.2) is 9.97 Å². The lowest BCUT2D eigenvalue weighted by atomic mass is 9.95. The summed E-state index contributed by atoms with van der Waals surface area (Å²) < 4.78 is 43.3. The number of esters is 1. The Balaban J connectivity index is 2.02. The van der Waals surface area contributed by atoms with Crippen LogP contribution in [0.3, 0.4) is 0 Å². The molecular formula is C15H20F3N3O2. The molecule has 1 aliphatic heterocycles. The lowest BCUT2D eigenvalue weighted by molar-refractivity contribution is -0.148. The van der Waals surface area contributed by atoms with Crippen molar-refractivity contribution in [2.75, 3.05) is 18.0 Å². The molecule has 1 saturated heterocycles. The number of piperidine rings is 1. The molecule has 1 atom stereocenters. The molecule has 8 heteroatoms. The Bertz CT molecular complexity index is 549. The van der Waals surface area contributed by atoms with E-state index in [0.29, 0.717) is 13.1 Å². The Labute approximate surface area is 132 Å². The molecule has 0 bridgehead atoms. The minimum atomic E-state index is -4.49. The van der Waals surface area contributed by atoms with E-state index < -0.39 is 11.9 Å². The quantitative estimate of drug-likeness (QED) is 0.794. The fourth-order valence-electron chi connectivity index (χ4n) is 2.62. The number of ether oxygens (including phenoxy) is 1. The normalized spacial score (nSPS) is 19.0. The van der Waals surface area contributed by atoms with Crippen LogP contribution >= 0.6 is 0 Å². The zero-order chi connectivity index (χ0) is 17.0. The lowest BCUT2D eigenvalue weighted by Crippen LogP contribution is -2.38. The smallest absolute Gasteiger partial charge is 0.433 e. The fourth-order valence-corrected chi connectivity index (χ4v) is 2.62. The van der Waals surface area contributed by atoms with E-state index in [2.05, 4.69) is 9.97 Å². The van der Waals surface area contributed by atoms with Crippen molar-refractivity contribution < 1.29 is 22.7 Å². The molecule has 5 nitrogen and oxygen atoms in total. The molecule has 0 radical (unpaired) electrons. The number of nitrogens with zero attached hydrogens (tertiary/aromatic N) is 3. The molecule has 0 N–H and O–H groups in total. The molecule has 1 aliphatic rings. The van der Waals surface area contributed by atoms with Gasteiger partial charge in [-0.1, -0.05) is 0 Å². The second-order valence-electron chi connectivity index (χ2n) is 5.94. The molecule has 1 aromatic heterocycles. The van der Waals surface area contributed by atoms with Crippen LogP contribution < -0.4 is 4.90 Å². The summed E-state index contributed by atoms with van der Waals surface area (Å²) in [6.45, 7) is 4.59. The number of alkyl halides is 3. The summed E-state index contributed by atoms with van der Waals surface area (Å²) in [5.74, 6) is -0.188. The van der Waals surface area contributed by atoms with Gasteiger partial charge < -0.3 is 9.64 Å². The molecule has 2 rings (SSSR count). The van der Waals surface area contributed by atoms with Gasteiger partial charge in [0.1, 0.15) is 5.69 Å². The molecular weight excluding hydrogens is 311 g/mol. The minimum Gasteiger partial charge on any atom is -0.463 e. The first-order valence-corrected chi connectivity index (χ1v) is 7.60. The van der Waals surface area contributed by atoms with Crippen LogP contribution in [0.5, 0.6) is 0 Å². The van der Waals surface area contributed by atoms with Gasteiger partial charge in [0.15, 0.2) is 0 Å². The summed E-state index contributed by atoms with van der Waals surface area (Å²) in [6.07, 6.45) is -1.68.